The third kappa shape index (κ3) is 6.09. The Labute approximate surface area is 288 Å². The van der Waals surface area contributed by atoms with Crippen LogP contribution in [0.1, 0.15) is 45.5 Å². The molecule has 4 aromatic rings. The molecule has 2 atom stereocenters. The average Bonchev–Trinajstić information content (AvgIpc) is 3.10. The molecule has 10 heteroatoms. The molecular formula is C39H46N2O8. The fourth-order valence-electron chi connectivity index (χ4n) is 7.58. The van der Waals surface area contributed by atoms with Crippen molar-refractivity contribution in [2.24, 2.45) is 0 Å². The Bertz CT molecular complexity index is 1830. The minimum atomic E-state index is -0.0839. The largest absolute Gasteiger partial charge is 0.493 e. The third-order valence-corrected chi connectivity index (χ3v) is 10.2. The van der Waals surface area contributed by atoms with E-state index in [9.17, 15) is 0 Å². The van der Waals surface area contributed by atoms with Gasteiger partial charge in [-0.2, -0.15) is 0 Å². The lowest BCUT2D eigenvalue weighted by atomic mass is 9.86. The van der Waals surface area contributed by atoms with E-state index in [1.54, 1.807) is 35.5 Å². The topological polar surface area (TPSA) is 103 Å². The SMILES string of the molecule is COc1ccc2cc1Oc1ccc(cc1)CC1c3cc(c(OC)cc3CCN1C)Oc1c(OC)c(OC)c(OC)c3c1C(C2)N(C)CC3.O. The summed E-state index contributed by atoms with van der Waals surface area (Å²) in [4.78, 5) is 4.78. The van der Waals surface area contributed by atoms with Crippen molar-refractivity contribution in [2.75, 3.05) is 62.7 Å². The Morgan fingerprint density at radius 3 is 1.94 bits per heavy atom. The highest BCUT2D eigenvalue weighted by Crippen LogP contribution is 2.56. The highest BCUT2D eigenvalue weighted by Gasteiger charge is 2.37. The Hall–Kier alpha value is -4.64. The molecule has 0 aromatic heterocycles. The van der Waals surface area contributed by atoms with Gasteiger partial charge in [-0.3, -0.25) is 9.80 Å². The molecule has 4 aromatic carbocycles. The van der Waals surface area contributed by atoms with E-state index in [2.05, 4.69) is 60.3 Å². The molecule has 8 rings (SSSR count). The summed E-state index contributed by atoms with van der Waals surface area (Å²) >= 11 is 0. The minimum absolute atomic E-state index is 0. The van der Waals surface area contributed by atoms with Crippen molar-refractivity contribution in [3.05, 3.63) is 88.0 Å². The van der Waals surface area contributed by atoms with E-state index in [0.717, 1.165) is 54.8 Å². The monoisotopic (exact) mass is 670 g/mol. The van der Waals surface area contributed by atoms with Gasteiger partial charge in [-0.1, -0.05) is 18.2 Å². The van der Waals surface area contributed by atoms with E-state index < -0.39 is 0 Å². The van der Waals surface area contributed by atoms with Crippen molar-refractivity contribution in [1.29, 1.82) is 0 Å². The summed E-state index contributed by atoms with van der Waals surface area (Å²) in [7, 11) is 12.7. The predicted octanol–water partition coefficient (Wildman–Crippen LogP) is 6.35. The Morgan fingerprint density at radius 2 is 1.24 bits per heavy atom. The van der Waals surface area contributed by atoms with Gasteiger partial charge in [0.05, 0.1) is 35.5 Å². The lowest BCUT2D eigenvalue weighted by Crippen LogP contribution is -2.34. The average molecular weight is 671 g/mol. The molecule has 0 saturated heterocycles. The van der Waals surface area contributed by atoms with Crippen molar-refractivity contribution in [3.63, 3.8) is 0 Å². The molecule has 4 heterocycles. The van der Waals surface area contributed by atoms with Gasteiger partial charge in [0.2, 0.25) is 11.5 Å². The molecule has 0 amide bonds. The standard InChI is InChI=1S/C39H44N2O7.H2O/c1-40-16-14-25-21-32(43-4)34-22-28(25)29(40)18-23-8-11-26(12-9-23)47-33-20-24(10-13-31(33)42-3)19-30-35-27(15-17-41(30)2)36(44-5)38(45-6)39(46-7)37(35)48-34;/h8-13,20-22,29-30H,14-19H2,1-7H3;1H2. The molecular weight excluding hydrogens is 624 g/mol. The van der Waals surface area contributed by atoms with Gasteiger partial charge < -0.3 is 38.6 Å². The molecule has 260 valence electrons. The van der Waals surface area contributed by atoms with E-state index in [4.69, 9.17) is 33.2 Å². The molecule has 6 bridgehead atoms. The molecule has 4 aliphatic rings. The zero-order valence-corrected chi connectivity index (χ0v) is 29.3. The molecule has 10 nitrogen and oxygen atoms in total. The maximum absolute atomic E-state index is 7.07. The van der Waals surface area contributed by atoms with Crippen LogP contribution in [0.2, 0.25) is 0 Å². The van der Waals surface area contributed by atoms with Crippen LogP contribution in [0.25, 0.3) is 0 Å². The van der Waals surface area contributed by atoms with Crippen LogP contribution in [0.3, 0.4) is 0 Å². The van der Waals surface area contributed by atoms with Gasteiger partial charge in [0.1, 0.15) is 5.75 Å². The normalized spacial score (nSPS) is 18.4. The first-order chi connectivity index (χ1) is 23.4. The Morgan fingerprint density at radius 1 is 0.612 bits per heavy atom. The summed E-state index contributed by atoms with van der Waals surface area (Å²) in [6, 6.07) is 18.9. The maximum Gasteiger partial charge on any atom is 0.208 e. The molecule has 4 aliphatic heterocycles. The van der Waals surface area contributed by atoms with Crippen molar-refractivity contribution >= 4 is 0 Å². The smallest absolute Gasteiger partial charge is 0.208 e. The van der Waals surface area contributed by atoms with Gasteiger partial charge in [-0.25, -0.2) is 0 Å². The minimum Gasteiger partial charge on any atom is -0.493 e. The van der Waals surface area contributed by atoms with Crippen LogP contribution in [-0.4, -0.2) is 78.0 Å². The number of nitrogens with zero attached hydrogens (tertiary/aromatic N) is 2. The molecule has 0 spiro atoms. The number of ether oxygens (including phenoxy) is 7. The molecule has 2 unspecified atom stereocenters. The highest BCUT2D eigenvalue weighted by atomic mass is 16.6. The van der Waals surface area contributed by atoms with E-state index in [-0.39, 0.29) is 17.6 Å². The summed E-state index contributed by atoms with van der Waals surface area (Å²) in [6.07, 6.45) is 3.18. The van der Waals surface area contributed by atoms with Crippen LogP contribution in [0.5, 0.6) is 51.7 Å². The molecule has 49 heavy (non-hydrogen) atoms. The molecule has 0 aliphatic carbocycles. The van der Waals surface area contributed by atoms with Gasteiger partial charge in [-0.15, -0.1) is 0 Å². The number of methoxy groups -OCH3 is 5. The van der Waals surface area contributed by atoms with Crippen LogP contribution >= 0.6 is 0 Å². The van der Waals surface area contributed by atoms with Crippen molar-refractivity contribution in [1.82, 2.24) is 9.80 Å². The van der Waals surface area contributed by atoms with E-state index in [1.165, 1.54) is 16.7 Å². The van der Waals surface area contributed by atoms with E-state index >= 15 is 0 Å². The number of fused-ring (bicyclic) bond motifs is 2. The number of rotatable bonds is 5. The fraction of sp³-hybridized carbons (Fsp3) is 0.385. The second kappa shape index (κ2) is 14.1. The predicted molar refractivity (Wildman–Crippen MR) is 188 cm³/mol. The fourth-order valence-corrected chi connectivity index (χ4v) is 7.58. The summed E-state index contributed by atoms with van der Waals surface area (Å²) in [6.45, 7) is 1.77. The second-order valence-corrected chi connectivity index (χ2v) is 12.8. The van der Waals surface area contributed by atoms with Gasteiger partial charge in [-0.05, 0) is 98.4 Å². The van der Waals surface area contributed by atoms with Crippen molar-refractivity contribution < 1.29 is 38.6 Å². The van der Waals surface area contributed by atoms with Crippen LogP contribution in [0.15, 0.2) is 54.6 Å². The number of likely N-dealkylation sites (N-methyl/N-ethyl adjacent to an activating group) is 2. The maximum atomic E-state index is 7.07. The third-order valence-electron chi connectivity index (χ3n) is 10.2. The zero-order chi connectivity index (χ0) is 33.5. The molecule has 0 radical (unpaired) electrons. The van der Waals surface area contributed by atoms with Gasteiger partial charge in [0, 0.05) is 36.3 Å². The van der Waals surface area contributed by atoms with Gasteiger partial charge in [0.25, 0.3) is 0 Å². The zero-order valence-electron chi connectivity index (χ0n) is 29.3. The lowest BCUT2D eigenvalue weighted by Gasteiger charge is -2.38. The molecule has 2 N–H and O–H groups in total. The van der Waals surface area contributed by atoms with Crippen molar-refractivity contribution in [2.45, 2.75) is 37.8 Å². The summed E-state index contributed by atoms with van der Waals surface area (Å²) < 4.78 is 43.4. The van der Waals surface area contributed by atoms with Crippen LogP contribution in [0.4, 0.5) is 0 Å². The van der Waals surface area contributed by atoms with Crippen molar-refractivity contribution in [3.8, 4) is 51.7 Å². The first-order valence-corrected chi connectivity index (χ1v) is 16.4. The number of benzene rings is 4. The first kappa shape index (κ1) is 34.2. The van der Waals surface area contributed by atoms with Gasteiger partial charge in [0.15, 0.2) is 34.5 Å². The quantitative estimate of drug-likeness (QED) is 0.241. The lowest BCUT2D eigenvalue weighted by molar-refractivity contribution is 0.216. The second-order valence-electron chi connectivity index (χ2n) is 12.8. The highest BCUT2D eigenvalue weighted by molar-refractivity contribution is 5.70. The summed E-state index contributed by atoms with van der Waals surface area (Å²) in [5.74, 6) is 5.67. The van der Waals surface area contributed by atoms with Crippen LogP contribution in [-0.2, 0) is 25.7 Å². The Kier molecular flexibility index (Phi) is 9.83. The van der Waals surface area contributed by atoms with E-state index in [0.29, 0.717) is 52.4 Å². The summed E-state index contributed by atoms with van der Waals surface area (Å²) in [5, 5.41) is 0. The van der Waals surface area contributed by atoms with Crippen LogP contribution < -0.4 is 33.2 Å². The summed E-state index contributed by atoms with van der Waals surface area (Å²) in [5.41, 5.74) is 6.84. The number of hydrogen-bond donors (Lipinski definition) is 0. The van der Waals surface area contributed by atoms with E-state index in [1.807, 2.05) is 18.2 Å². The number of hydrogen-bond acceptors (Lipinski definition) is 9. The van der Waals surface area contributed by atoms with Gasteiger partial charge >= 0.3 is 0 Å². The van der Waals surface area contributed by atoms with Crippen LogP contribution in [0, 0.1) is 0 Å². The Balaban J connectivity index is 0.00000417. The molecule has 0 fully saturated rings. The molecule has 0 saturated carbocycles. The first-order valence-electron chi connectivity index (χ1n) is 16.4.